The van der Waals surface area contributed by atoms with Gasteiger partial charge in [-0.3, -0.25) is 0 Å². The molecule has 8 heteroatoms. The lowest BCUT2D eigenvalue weighted by Crippen LogP contribution is -2.14. The van der Waals surface area contributed by atoms with E-state index in [0.717, 1.165) is 23.6 Å². The predicted octanol–water partition coefficient (Wildman–Crippen LogP) is 4.12. The van der Waals surface area contributed by atoms with Crippen LogP contribution in [0.15, 0.2) is 18.2 Å². The highest BCUT2D eigenvalue weighted by Gasteiger charge is 2.36. The van der Waals surface area contributed by atoms with E-state index in [4.69, 9.17) is 11.6 Å². The van der Waals surface area contributed by atoms with Gasteiger partial charge in [-0.05, 0) is 43.9 Å². The molecule has 1 N–H and O–H groups in total. The van der Waals surface area contributed by atoms with Crippen molar-refractivity contribution in [1.82, 2.24) is 9.78 Å². The monoisotopic (exact) mass is 344 g/mol. The number of hydrogen-bond donors (Lipinski definition) is 1. The Hall–Kier alpha value is -2.02. The van der Waals surface area contributed by atoms with Gasteiger partial charge in [0.1, 0.15) is 0 Å². The Balaban J connectivity index is 2.26. The van der Waals surface area contributed by atoms with E-state index in [-0.39, 0.29) is 16.4 Å². The molecule has 0 spiro atoms. The molecule has 122 valence electrons. The van der Waals surface area contributed by atoms with Crippen LogP contribution in [0.5, 0.6) is 0 Å². The van der Waals surface area contributed by atoms with Crippen molar-refractivity contribution in [2.45, 2.75) is 31.9 Å². The molecule has 23 heavy (non-hydrogen) atoms. The number of nitrogens with zero attached hydrogens (tertiary/aromatic N) is 2. The molecule has 1 aliphatic carbocycles. The van der Waals surface area contributed by atoms with Crippen LogP contribution in [0.1, 0.15) is 40.2 Å². The van der Waals surface area contributed by atoms with Crippen LogP contribution in [0.2, 0.25) is 5.02 Å². The van der Waals surface area contributed by atoms with Crippen LogP contribution >= 0.6 is 11.6 Å². The van der Waals surface area contributed by atoms with E-state index < -0.39 is 17.7 Å². The zero-order chi connectivity index (χ0) is 16.8. The largest absolute Gasteiger partial charge is 0.476 e. The maximum atomic E-state index is 13.3. The Bertz CT molecular complexity index is 784. The number of fused-ring (bicyclic) bond motifs is 1. The number of aromatic nitrogens is 2. The Morgan fingerprint density at radius 3 is 2.61 bits per heavy atom. The topological polar surface area (TPSA) is 55.1 Å². The molecule has 1 aromatic heterocycles. The quantitative estimate of drug-likeness (QED) is 0.891. The van der Waals surface area contributed by atoms with E-state index in [2.05, 4.69) is 5.10 Å². The second-order valence-electron chi connectivity index (χ2n) is 5.36. The van der Waals surface area contributed by atoms with Gasteiger partial charge in [0.15, 0.2) is 5.69 Å². The molecule has 3 rings (SSSR count). The number of hydrogen-bond acceptors (Lipinski definition) is 2. The number of halogens is 4. The predicted molar refractivity (Wildman–Crippen MR) is 77.2 cm³/mol. The lowest BCUT2D eigenvalue weighted by Gasteiger charge is -2.17. The minimum atomic E-state index is -4.61. The van der Waals surface area contributed by atoms with Gasteiger partial charge in [0.2, 0.25) is 0 Å². The van der Waals surface area contributed by atoms with Crippen molar-refractivity contribution in [3.8, 4) is 5.69 Å². The first-order valence-electron chi connectivity index (χ1n) is 7.00. The molecule has 0 fully saturated rings. The van der Waals surface area contributed by atoms with Crippen LogP contribution in [0.3, 0.4) is 0 Å². The molecule has 0 amide bonds. The molecule has 4 nitrogen and oxygen atoms in total. The summed E-state index contributed by atoms with van der Waals surface area (Å²) in [5.41, 5.74) is -0.263. The van der Waals surface area contributed by atoms with Crippen LogP contribution in [0.4, 0.5) is 13.2 Å². The number of carbonyl (C=O) groups is 1. The molecule has 0 saturated heterocycles. The summed E-state index contributed by atoms with van der Waals surface area (Å²) in [5, 5.41) is 13.2. The Labute approximate surface area is 134 Å². The van der Waals surface area contributed by atoms with Crippen molar-refractivity contribution in [2.75, 3.05) is 0 Å². The third kappa shape index (κ3) is 2.81. The first kappa shape index (κ1) is 15.9. The molecule has 0 saturated carbocycles. The second-order valence-corrected chi connectivity index (χ2v) is 5.79. The van der Waals surface area contributed by atoms with E-state index in [9.17, 15) is 23.1 Å². The molecule has 1 aliphatic rings. The van der Waals surface area contributed by atoms with E-state index in [1.54, 1.807) is 0 Å². The summed E-state index contributed by atoms with van der Waals surface area (Å²) in [6, 6.07) is 3.39. The molecule has 0 radical (unpaired) electrons. The number of benzene rings is 1. The van der Waals surface area contributed by atoms with E-state index in [1.807, 2.05) is 0 Å². The van der Waals surface area contributed by atoms with Crippen LogP contribution in [0.25, 0.3) is 5.69 Å². The maximum Gasteiger partial charge on any atom is 0.418 e. The number of rotatable bonds is 2. The summed E-state index contributed by atoms with van der Waals surface area (Å²) >= 11 is 5.69. The van der Waals surface area contributed by atoms with Gasteiger partial charge in [0, 0.05) is 16.3 Å². The van der Waals surface area contributed by atoms with Crippen LogP contribution in [-0.4, -0.2) is 20.9 Å². The van der Waals surface area contributed by atoms with Crippen LogP contribution in [-0.2, 0) is 19.0 Å². The highest BCUT2D eigenvalue weighted by molar-refractivity contribution is 6.30. The van der Waals surface area contributed by atoms with Gasteiger partial charge < -0.3 is 5.11 Å². The summed E-state index contributed by atoms with van der Waals surface area (Å²) in [6.45, 7) is 0. The third-order valence-corrected chi connectivity index (χ3v) is 4.11. The highest BCUT2D eigenvalue weighted by atomic mass is 35.5. The zero-order valence-corrected chi connectivity index (χ0v) is 12.6. The summed E-state index contributed by atoms with van der Waals surface area (Å²) in [5.74, 6) is -1.23. The van der Waals surface area contributed by atoms with Crippen molar-refractivity contribution in [1.29, 1.82) is 0 Å². The van der Waals surface area contributed by atoms with Crippen LogP contribution < -0.4 is 0 Å². The van der Waals surface area contributed by atoms with Gasteiger partial charge in [-0.1, -0.05) is 11.6 Å². The lowest BCUT2D eigenvalue weighted by molar-refractivity contribution is -0.137. The minimum Gasteiger partial charge on any atom is -0.476 e. The fraction of sp³-hybridized carbons (Fsp3) is 0.333. The SMILES string of the molecule is O=C(O)c1nn(-c2ccc(Cl)cc2C(F)(F)F)c2c1CCCC2. The first-order chi connectivity index (χ1) is 10.8. The molecule has 1 aromatic carbocycles. The van der Waals surface area contributed by atoms with Gasteiger partial charge in [-0.15, -0.1) is 0 Å². The van der Waals surface area contributed by atoms with Gasteiger partial charge in [0.05, 0.1) is 11.3 Å². The fourth-order valence-electron chi connectivity index (χ4n) is 2.89. The minimum absolute atomic E-state index is 0.0412. The Kier molecular flexibility index (Phi) is 3.83. The maximum absolute atomic E-state index is 13.3. The molecule has 2 aromatic rings. The average molecular weight is 345 g/mol. The van der Waals surface area contributed by atoms with Crippen molar-refractivity contribution in [3.63, 3.8) is 0 Å². The van der Waals surface area contributed by atoms with Gasteiger partial charge in [0.25, 0.3) is 0 Å². The van der Waals surface area contributed by atoms with E-state index in [0.29, 0.717) is 24.1 Å². The molecule has 1 heterocycles. The van der Waals surface area contributed by atoms with Crippen molar-refractivity contribution < 1.29 is 23.1 Å². The third-order valence-electron chi connectivity index (χ3n) is 3.87. The molecular formula is C15H12ClF3N2O2. The van der Waals surface area contributed by atoms with Gasteiger partial charge in [-0.2, -0.15) is 18.3 Å². The molecule has 0 unspecified atom stereocenters. The normalized spacial score (nSPS) is 14.6. The number of carboxylic acids is 1. The molecule has 0 atom stereocenters. The van der Waals surface area contributed by atoms with E-state index in [1.165, 1.54) is 12.1 Å². The number of alkyl halides is 3. The van der Waals surface area contributed by atoms with Crippen LogP contribution in [0, 0.1) is 0 Å². The fourth-order valence-corrected chi connectivity index (χ4v) is 3.06. The Morgan fingerprint density at radius 1 is 1.26 bits per heavy atom. The van der Waals surface area contributed by atoms with E-state index >= 15 is 0 Å². The molecule has 0 bridgehead atoms. The summed E-state index contributed by atoms with van der Waals surface area (Å²) < 4.78 is 41.0. The Morgan fingerprint density at radius 2 is 1.96 bits per heavy atom. The average Bonchev–Trinajstić information content (AvgIpc) is 2.86. The second kappa shape index (κ2) is 5.56. The molecule has 0 aliphatic heterocycles. The van der Waals surface area contributed by atoms with Crippen molar-refractivity contribution >= 4 is 17.6 Å². The summed E-state index contributed by atoms with van der Waals surface area (Å²) in [7, 11) is 0. The summed E-state index contributed by atoms with van der Waals surface area (Å²) in [6.07, 6.45) is -2.03. The first-order valence-corrected chi connectivity index (χ1v) is 7.38. The number of aromatic carboxylic acids is 1. The smallest absolute Gasteiger partial charge is 0.418 e. The highest BCUT2D eigenvalue weighted by Crippen LogP contribution is 2.37. The lowest BCUT2D eigenvalue weighted by atomic mass is 9.95. The molecular weight excluding hydrogens is 333 g/mol. The van der Waals surface area contributed by atoms with Crippen molar-refractivity contribution in [3.05, 3.63) is 45.7 Å². The standard InChI is InChI=1S/C15H12ClF3N2O2/c16-8-5-6-12(10(7-8)15(17,18)19)21-11-4-2-1-3-9(11)13(20-21)14(22)23/h5-7H,1-4H2,(H,22,23). The number of carboxylic acid groups (broad SMARTS) is 1. The summed E-state index contributed by atoms with van der Waals surface area (Å²) in [4.78, 5) is 11.3. The van der Waals surface area contributed by atoms with Gasteiger partial charge in [-0.25, -0.2) is 9.48 Å². The zero-order valence-electron chi connectivity index (χ0n) is 11.8. The van der Waals surface area contributed by atoms with Crippen molar-refractivity contribution in [2.24, 2.45) is 0 Å². The van der Waals surface area contributed by atoms with Gasteiger partial charge >= 0.3 is 12.1 Å².